The SMILES string of the molecule is CCCOc1ccc(F)cc1SC. The first-order valence-corrected chi connectivity index (χ1v) is 5.46. The fourth-order valence-electron chi connectivity index (χ4n) is 0.973. The Morgan fingerprint density at radius 1 is 1.46 bits per heavy atom. The van der Waals surface area contributed by atoms with Crippen molar-refractivity contribution in [1.82, 2.24) is 0 Å². The summed E-state index contributed by atoms with van der Waals surface area (Å²) in [6, 6.07) is 4.59. The summed E-state index contributed by atoms with van der Waals surface area (Å²) in [5, 5.41) is 0. The molecule has 0 saturated carbocycles. The first kappa shape index (κ1) is 10.4. The molecule has 0 aromatic heterocycles. The molecule has 13 heavy (non-hydrogen) atoms. The van der Waals surface area contributed by atoms with Gasteiger partial charge in [0.15, 0.2) is 0 Å². The normalized spacial score (nSPS) is 10.1. The number of rotatable bonds is 4. The first-order chi connectivity index (χ1) is 6.27. The van der Waals surface area contributed by atoms with Crippen molar-refractivity contribution in [2.45, 2.75) is 18.2 Å². The summed E-state index contributed by atoms with van der Waals surface area (Å²) in [6.45, 7) is 2.72. The van der Waals surface area contributed by atoms with Crippen molar-refractivity contribution in [2.24, 2.45) is 0 Å². The summed E-state index contributed by atoms with van der Waals surface area (Å²) in [7, 11) is 0. The molecule has 1 aromatic rings. The lowest BCUT2D eigenvalue weighted by molar-refractivity contribution is 0.309. The van der Waals surface area contributed by atoms with Gasteiger partial charge in [0.25, 0.3) is 0 Å². The molecule has 0 aliphatic carbocycles. The third-order valence-corrected chi connectivity index (χ3v) is 2.35. The van der Waals surface area contributed by atoms with Crippen LogP contribution in [0.2, 0.25) is 0 Å². The smallest absolute Gasteiger partial charge is 0.133 e. The minimum absolute atomic E-state index is 0.215. The predicted octanol–water partition coefficient (Wildman–Crippen LogP) is 3.34. The van der Waals surface area contributed by atoms with E-state index >= 15 is 0 Å². The van der Waals surface area contributed by atoms with Crippen molar-refractivity contribution in [3.63, 3.8) is 0 Å². The van der Waals surface area contributed by atoms with Crippen LogP contribution in [0.1, 0.15) is 13.3 Å². The largest absolute Gasteiger partial charge is 0.492 e. The topological polar surface area (TPSA) is 9.23 Å². The minimum Gasteiger partial charge on any atom is -0.492 e. The van der Waals surface area contributed by atoms with Crippen LogP contribution >= 0.6 is 11.8 Å². The lowest BCUT2D eigenvalue weighted by Gasteiger charge is -2.08. The van der Waals surface area contributed by atoms with E-state index in [0.29, 0.717) is 6.61 Å². The van der Waals surface area contributed by atoms with E-state index < -0.39 is 0 Å². The van der Waals surface area contributed by atoms with Gasteiger partial charge in [-0.3, -0.25) is 0 Å². The molecule has 0 unspecified atom stereocenters. The zero-order valence-electron chi connectivity index (χ0n) is 7.84. The van der Waals surface area contributed by atoms with Crippen LogP contribution < -0.4 is 4.74 Å². The molecule has 72 valence electrons. The van der Waals surface area contributed by atoms with E-state index in [2.05, 4.69) is 0 Å². The molecule has 0 spiro atoms. The van der Waals surface area contributed by atoms with Gasteiger partial charge in [0.05, 0.1) is 11.5 Å². The molecular weight excluding hydrogens is 187 g/mol. The van der Waals surface area contributed by atoms with Crippen LogP contribution in [0, 0.1) is 5.82 Å². The Morgan fingerprint density at radius 3 is 2.85 bits per heavy atom. The van der Waals surface area contributed by atoms with Gasteiger partial charge < -0.3 is 4.74 Å². The van der Waals surface area contributed by atoms with E-state index in [4.69, 9.17) is 4.74 Å². The van der Waals surface area contributed by atoms with Crippen molar-refractivity contribution < 1.29 is 9.13 Å². The summed E-state index contributed by atoms with van der Waals surface area (Å²) in [5.74, 6) is 0.559. The molecule has 1 nitrogen and oxygen atoms in total. The van der Waals surface area contributed by atoms with Crippen LogP contribution in [0.5, 0.6) is 5.75 Å². The van der Waals surface area contributed by atoms with Crippen LogP contribution in [0.4, 0.5) is 4.39 Å². The van der Waals surface area contributed by atoms with Gasteiger partial charge in [0.1, 0.15) is 11.6 Å². The molecule has 0 bridgehead atoms. The second-order valence-corrected chi connectivity index (χ2v) is 3.49. The standard InChI is InChI=1S/C10H13FOS/c1-3-6-12-9-5-4-8(11)7-10(9)13-2/h4-5,7H,3,6H2,1-2H3. The van der Waals surface area contributed by atoms with Gasteiger partial charge in [0, 0.05) is 0 Å². The predicted molar refractivity (Wildman–Crippen MR) is 54.0 cm³/mol. The van der Waals surface area contributed by atoms with Crippen LogP contribution in [0.3, 0.4) is 0 Å². The summed E-state index contributed by atoms with van der Waals surface area (Å²) >= 11 is 1.50. The zero-order chi connectivity index (χ0) is 9.68. The Kier molecular flexibility index (Phi) is 4.09. The number of hydrogen-bond acceptors (Lipinski definition) is 2. The van der Waals surface area contributed by atoms with Gasteiger partial charge in [-0.2, -0.15) is 0 Å². The molecule has 1 rings (SSSR count). The summed E-state index contributed by atoms with van der Waals surface area (Å²) in [4.78, 5) is 0.855. The Morgan fingerprint density at radius 2 is 2.23 bits per heavy atom. The Bertz CT molecular complexity index is 276. The second kappa shape index (κ2) is 5.12. The first-order valence-electron chi connectivity index (χ1n) is 4.24. The Balaban J connectivity index is 2.79. The third-order valence-electron chi connectivity index (χ3n) is 1.59. The monoisotopic (exact) mass is 200 g/mol. The minimum atomic E-state index is -0.215. The van der Waals surface area contributed by atoms with Gasteiger partial charge in [-0.1, -0.05) is 6.92 Å². The molecule has 0 aliphatic heterocycles. The van der Waals surface area contributed by atoms with Crippen LogP contribution in [-0.4, -0.2) is 12.9 Å². The van der Waals surface area contributed by atoms with Gasteiger partial charge in [-0.25, -0.2) is 4.39 Å². The molecule has 0 saturated heterocycles. The second-order valence-electron chi connectivity index (χ2n) is 2.64. The molecule has 0 amide bonds. The van der Waals surface area contributed by atoms with Gasteiger partial charge in [-0.05, 0) is 30.9 Å². The maximum absolute atomic E-state index is 12.8. The maximum Gasteiger partial charge on any atom is 0.133 e. The summed E-state index contributed by atoms with van der Waals surface area (Å²) in [6.07, 6.45) is 2.87. The maximum atomic E-state index is 12.8. The van der Waals surface area contributed by atoms with E-state index in [1.54, 1.807) is 6.07 Å². The third kappa shape index (κ3) is 2.92. The molecule has 0 aliphatic rings. The van der Waals surface area contributed by atoms with Crippen molar-refractivity contribution in [2.75, 3.05) is 12.9 Å². The fourth-order valence-corrected chi connectivity index (χ4v) is 1.53. The van der Waals surface area contributed by atoms with Crippen LogP contribution in [-0.2, 0) is 0 Å². The number of benzene rings is 1. The Labute approximate surface area is 82.3 Å². The molecule has 1 aromatic carbocycles. The van der Waals surface area contributed by atoms with Crippen molar-refractivity contribution in [3.8, 4) is 5.75 Å². The summed E-state index contributed by atoms with van der Waals surface area (Å²) < 4.78 is 18.2. The fraction of sp³-hybridized carbons (Fsp3) is 0.400. The van der Waals surface area contributed by atoms with Crippen molar-refractivity contribution >= 4 is 11.8 Å². The zero-order valence-corrected chi connectivity index (χ0v) is 8.66. The molecule has 0 N–H and O–H groups in total. The van der Waals surface area contributed by atoms with E-state index in [1.807, 2.05) is 13.2 Å². The highest BCUT2D eigenvalue weighted by atomic mass is 32.2. The van der Waals surface area contributed by atoms with Crippen molar-refractivity contribution in [1.29, 1.82) is 0 Å². The molecule has 0 heterocycles. The number of halogens is 1. The number of hydrogen-bond donors (Lipinski definition) is 0. The van der Waals surface area contributed by atoms with E-state index in [1.165, 1.54) is 23.9 Å². The molecular formula is C10H13FOS. The van der Waals surface area contributed by atoms with Gasteiger partial charge >= 0.3 is 0 Å². The molecule has 3 heteroatoms. The molecule has 0 atom stereocenters. The van der Waals surface area contributed by atoms with Crippen LogP contribution in [0.25, 0.3) is 0 Å². The lowest BCUT2D eigenvalue weighted by Crippen LogP contribution is -1.96. The highest BCUT2D eigenvalue weighted by Gasteiger charge is 2.03. The highest BCUT2D eigenvalue weighted by Crippen LogP contribution is 2.28. The average molecular weight is 200 g/mol. The molecule has 0 radical (unpaired) electrons. The quantitative estimate of drug-likeness (QED) is 0.689. The average Bonchev–Trinajstić information content (AvgIpc) is 2.16. The van der Waals surface area contributed by atoms with Gasteiger partial charge in [0.2, 0.25) is 0 Å². The molecule has 0 fully saturated rings. The lowest BCUT2D eigenvalue weighted by atomic mass is 10.3. The van der Waals surface area contributed by atoms with Gasteiger partial charge in [-0.15, -0.1) is 11.8 Å². The summed E-state index contributed by atoms with van der Waals surface area (Å²) in [5.41, 5.74) is 0. The highest BCUT2D eigenvalue weighted by molar-refractivity contribution is 7.98. The van der Waals surface area contributed by atoms with E-state index in [-0.39, 0.29) is 5.82 Å². The Hall–Kier alpha value is -0.700. The van der Waals surface area contributed by atoms with Crippen LogP contribution in [0.15, 0.2) is 23.1 Å². The van der Waals surface area contributed by atoms with E-state index in [0.717, 1.165) is 17.1 Å². The van der Waals surface area contributed by atoms with Crippen molar-refractivity contribution in [3.05, 3.63) is 24.0 Å². The van der Waals surface area contributed by atoms with E-state index in [9.17, 15) is 4.39 Å². The number of ether oxygens (including phenoxy) is 1. The number of thioether (sulfide) groups is 1.